The molecular formula is C23H27BrN4O4S. The number of thiophene rings is 1. The fourth-order valence-corrected chi connectivity index (χ4v) is 5.39. The zero-order chi connectivity index (χ0) is 22.8. The molecule has 0 aromatic carbocycles. The van der Waals surface area contributed by atoms with Crippen LogP contribution in [0.15, 0.2) is 28.9 Å². The van der Waals surface area contributed by atoms with Crippen molar-refractivity contribution in [2.45, 2.75) is 56.8 Å². The Kier molecular flexibility index (Phi) is 6.84. The first kappa shape index (κ1) is 22.6. The highest BCUT2D eigenvalue weighted by Crippen LogP contribution is 2.33. The minimum Gasteiger partial charge on any atom is -0.474 e. The fraction of sp³-hybridized carbons (Fsp3) is 0.522. The maximum absolute atomic E-state index is 13.0. The van der Waals surface area contributed by atoms with Crippen molar-refractivity contribution in [3.63, 3.8) is 0 Å². The maximum Gasteiger partial charge on any atom is 0.262 e. The Morgan fingerprint density at radius 1 is 1.27 bits per heavy atom. The third-order valence-corrected chi connectivity index (χ3v) is 7.54. The van der Waals surface area contributed by atoms with E-state index in [0.717, 1.165) is 53.9 Å². The van der Waals surface area contributed by atoms with Crippen molar-refractivity contribution in [3.8, 4) is 5.88 Å². The smallest absolute Gasteiger partial charge is 0.262 e. The number of fused-ring (bicyclic) bond motifs is 1. The van der Waals surface area contributed by atoms with Crippen molar-refractivity contribution in [2.24, 2.45) is 0 Å². The molecular weight excluding hydrogens is 508 g/mol. The minimum absolute atomic E-state index is 0.0217. The lowest BCUT2D eigenvalue weighted by Crippen LogP contribution is -2.48. The lowest BCUT2D eigenvalue weighted by atomic mass is 10.1. The van der Waals surface area contributed by atoms with E-state index < -0.39 is 6.04 Å². The second kappa shape index (κ2) is 9.99. The zero-order valence-electron chi connectivity index (χ0n) is 18.2. The molecule has 33 heavy (non-hydrogen) atoms. The molecule has 1 saturated heterocycles. The second-order valence-electron chi connectivity index (χ2n) is 8.69. The predicted molar refractivity (Wildman–Crippen MR) is 129 cm³/mol. The molecule has 2 atom stereocenters. The van der Waals surface area contributed by atoms with E-state index in [0.29, 0.717) is 30.3 Å². The molecule has 10 heteroatoms. The average Bonchev–Trinajstić information content (AvgIpc) is 3.25. The Bertz CT molecular complexity index is 1020. The van der Waals surface area contributed by atoms with E-state index in [2.05, 4.69) is 36.4 Å². The van der Waals surface area contributed by atoms with Crippen molar-refractivity contribution in [1.29, 1.82) is 0 Å². The van der Waals surface area contributed by atoms with Gasteiger partial charge in [0.05, 0.1) is 24.1 Å². The maximum atomic E-state index is 13.0. The summed E-state index contributed by atoms with van der Waals surface area (Å²) in [5, 5.41) is 5.99. The number of hydrogen-bond acceptors (Lipinski definition) is 7. The largest absolute Gasteiger partial charge is 0.474 e. The number of carbonyl (C=O) groups is 2. The van der Waals surface area contributed by atoms with Gasteiger partial charge in [-0.3, -0.25) is 9.59 Å². The summed E-state index contributed by atoms with van der Waals surface area (Å²) >= 11 is 4.92. The summed E-state index contributed by atoms with van der Waals surface area (Å²) in [5.74, 6) is 0.297. The van der Waals surface area contributed by atoms with Gasteiger partial charge in [0.2, 0.25) is 11.8 Å². The van der Waals surface area contributed by atoms with Crippen LogP contribution in [-0.2, 0) is 16.1 Å². The van der Waals surface area contributed by atoms with Gasteiger partial charge in [0.25, 0.3) is 5.91 Å². The topological polar surface area (TPSA) is 92.8 Å². The SMILES string of the molecule is O=C(N[C@@H](CC1CCCO1)C(=O)NC1CC1)c1ccc(CN2CCOc3ncc(Br)cc32)s1. The number of rotatable bonds is 8. The Morgan fingerprint density at radius 3 is 2.94 bits per heavy atom. The molecule has 0 bridgehead atoms. The van der Waals surface area contributed by atoms with E-state index in [1.54, 1.807) is 6.20 Å². The molecule has 2 amide bonds. The van der Waals surface area contributed by atoms with Crippen LogP contribution >= 0.6 is 27.3 Å². The fourth-order valence-electron chi connectivity index (χ4n) is 4.15. The first-order valence-corrected chi connectivity index (χ1v) is 13.0. The van der Waals surface area contributed by atoms with E-state index in [9.17, 15) is 9.59 Å². The Balaban J connectivity index is 1.24. The van der Waals surface area contributed by atoms with E-state index in [-0.39, 0.29) is 24.0 Å². The summed E-state index contributed by atoms with van der Waals surface area (Å²) in [6.45, 7) is 2.70. The minimum atomic E-state index is -0.582. The predicted octanol–water partition coefficient (Wildman–Crippen LogP) is 3.25. The Morgan fingerprint density at radius 2 is 2.15 bits per heavy atom. The summed E-state index contributed by atoms with van der Waals surface area (Å²) in [6.07, 6.45) is 6.21. The molecule has 8 nitrogen and oxygen atoms in total. The third kappa shape index (κ3) is 5.67. The standard InChI is InChI=1S/C23H27BrN4O4S/c24-14-10-19-23(25-12-14)32-9-7-28(19)13-17-5-6-20(33-17)22(30)27-18(11-16-2-1-8-31-16)21(29)26-15-3-4-15/h5-6,10,12,15-16,18H,1-4,7-9,11,13H2,(H,26,29)(H,27,30)/t16?,18-/m0/s1. The summed E-state index contributed by atoms with van der Waals surface area (Å²) in [4.78, 5) is 34.0. The van der Waals surface area contributed by atoms with Crippen LogP contribution in [0, 0.1) is 0 Å². The van der Waals surface area contributed by atoms with Gasteiger partial charge in [-0.2, -0.15) is 0 Å². The van der Waals surface area contributed by atoms with Gasteiger partial charge in [0.1, 0.15) is 18.3 Å². The van der Waals surface area contributed by atoms with Gasteiger partial charge in [-0.15, -0.1) is 11.3 Å². The van der Waals surface area contributed by atoms with Crippen molar-refractivity contribution in [1.82, 2.24) is 15.6 Å². The van der Waals surface area contributed by atoms with E-state index in [4.69, 9.17) is 9.47 Å². The summed E-state index contributed by atoms with van der Waals surface area (Å²) < 4.78 is 12.3. The van der Waals surface area contributed by atoms with Gasteiger partial charge in [0.15, 0.2) is 0 Å². The van der Waals surface area contributed by atoms with Crippen LogP contribution in [0.4, 0.5) is 5.69 Å². The average molecular weight is 535 g/mol. The van der Waals surface area contributed by atoms with E-state index in [1.807, 2.05) is 18.2 Å². The molecule has 2 aromatic heterocycles. The quantitative estimate of drug-likeness (QED) is 0.540. The summed E-state index contributed by atoms with van der Waals surface area (Å²) in [6, 6.07) is 5.47. The number of pyridine rings is 1. The first-order valence-electron chi connectivity index (χ1n) is 11.4. The van der Waals surface area contributed by atoms with Crippen molar-refractivity contribution >= 4 is 44.8 Å². The lowest BCUT2D eigenvalue weighted by Gasteiger charge is -2.30. The molecule has 1 unspecified atom stereocenters. The lowest BCUT2D eigenvalue weighted by molar-refractivity contribution is -0.124. The highest BCUT2D eigenvalue weighted by molar-refractivity contribution is 9.10. The number of amides is 2. The molecule has 2 aromatic rings. The van der Waals surface area contributed by atoms with Gasteiger partial charge in [-0.25, -0.2) is 4.98 Å². The zero-order valence-corrected chi connectivity index (χ0v) is 20.6. The van der Waals surface area contributed by atoms with Crippen LogP contribution < -0.4 is 20.3 Å². The van der Waals surface area contributed by atoms with Crippen LogP contribution in [0.3, 0.4) is 0 Å². The molecule has 2 aliphatic heterocycles. The Labute approximate surface area is 205 Å². The van der Waals surface area contributed by atoms with Gasteiger partial charge in [-0.05, 0) is 59.8 Å². The third-order valence-electron chi connectivity index (χ3n) is 6.04. The van der Waals surface area contributed by atoms with Gasteiger partial charge in [-0.1, -0.05) is 0 Å². The van der Waals surface area contributed by atoms with Gasteiger partial charge >= 0.3 is 0 Å². The van der Waals surface area contributed by atoms with Crippen molar-refractivity contribution < 1.29 is 19.1 Å². The summed E-state index contributed by atoms with van der Waals surface area (Å²) in [5.41, 5.74) is 0.934. The van der Waals surface area contributed by atoms with Gasteiger partial charge < -0.3 is 25.0 Å². The molecule has 2 fully saturated rings. The molecule has 0 radical (unpaired) electrons. The van der Waals surface area contributed by atoms with Crippen LogP contribution in [0.25, 0.3) is 0 Å². The molecule has 2 N–H and O–H groups in total. The van der Waals surface area contributed by atoms with Crippen molar-refractivity contribution in [3.05, 3.63) is 38.6 Å². The van der Waals surface area contributed by atoms with Crippen LogP contribution in [0.5, 0.6) is 5.88 Å². The van der Waals surface area contributed by atoms with Crippen molar-refractivity contribution in [2.75, 3.05) is 24.7 Å². The normalized spacial score (nSPS) is 20.6. The number of nitrogens with one attached hydrogen (secondary N) is 2. The number of hydrogen-bond donors (Lipinski definition) is 2. The number of ether oxygens (including phenoxy) is 2. The highest BCUT2D eigenvalue weighted by Gasteiger charge is 2.32. The molecule has 1 aliphatic carbocycles. The number of anilines is 1. The second-order valence-corrected chi connectivity index (χ2v) is 10.8. The summed E-state index contributed by atoms with van der Waals surface area (Å²) in [7, 11) is 0. The monoisotopic (exact) mass is 534 g/mol. The van der Waals surface area contributed by atoms with Crippen LogP contribution in [0.2, 0.25) is 0 Å². The van der Waals surface area contributed by atoms with Gasteiger partial charge in [0, 0.05) is 34.6 Å². The van der Waals surface area contributed by atoms with Crippen LogP contribution in [-0.4, -0.2) is 54.7 Å². The molecule has 1 saturated carbocycles. The Hall–Kier alpha value is -2.17. The molecule has 4 heterocycles. The number of aromatic nitrogens is 1. The van der Waals surface area contributed by atoms with Crippen LogP contribution in [0.1, 0.15) is 46.7 Å². The van der Waals surface area contributed by atoms with E-state index >= 15 is 0 Å². The number of halogens is 1. The molecule has 3 aliphatic rings. The number of nitrogens with zero attached hydrogens (tertiary/aromatic N) is 2. The molecule has 176 valence electrons. The highest BCUT2D eigenvalue weighted by atomic mass is 79.9. The molecule has 5 rings (SSSR count). The number of carbonyl (C=O) groups excluding carboxylic acids is 2. The first-order chi connectivity index (χ1) is 16.0. The molecule has 0 spiro atoms. The van der Waals surface area contributed by atoms with E-state index in [1.165, 1.54) is 11.3 Å².